The van der Waals surface area contributed by atoms with Crippen molar-refractivity contribution in [1.82, 2.24) is 14.8 Å². The summed E-state index contributed by atoms with van der Waals surface area (Å²) in [7, 11) is 1.82. The van der Waals surface area contributed by atoms with Gasteiger partial charge >= 0.3 is 0 Å². The molecule has 0 aromatic carbocycles. The van der Waals surface area contributed by atoms with Gasteiger partial charge in [-0.3, -0.25) is 9.48 Å². The van der Waals surface area contributed by atoms with Crippen molar-refractivity contribution >= 4 is 23.2 Å². The van der Waals surface area contributed by atoms with E-state index in [1.807, 2.05) is 19.2 Å². The topological polar surface area (TPSA) is 107 Å². The molecule has 8 nitrogen and oxygen atoms in total. The van der Waals surface area contributed by atoms with Crippen LogP contribution in [0.2, 0.25) is 0 Å². The SMILES string of the molecule is Cn1nc(Nc2cc(N3CC[C@@](C#N)(C4CC4)C3=O)ccn2)cc1C1(O)CCC1. The van der Waals surface area contributed by atoms with Crippen LogP contribution < -0.4 is 10.2 Å². The average molecular weight is 392 g/mol. The van der Waals surface area contributed by atoms with E-state index in [0.29, 0.717) is 24.6 Å². The van der Waals surface area contributed by atoms with Gasteiger partial charge in [-0.25, -0.2) is 4.98 Å². The van der Waals surface area contributed by atoms with Crippen molar-refractivity contribution in [2.24, 2.45) is 18.4 Å². The fraction of sp³-hybridized carbons (Fsp3) is 0.524. The van der Waals surface area contributed by atoms with Gasteiger partial charge in [-0.05, 0) is 50.5 Å². The molecule has 5 rings (SSSR count). The average Bonchev–Trinajstić information content (AvgIpc) is 3.40. The van der Waals surface area contributed by atoms with Gasteiger partial charge in [0.25, 0.3) is 0 Å². The van der Waals surface area contributed by atoms with Crippen molar-refractivity contribution < 1.29 is 9.90 Å². The predicted octanol–water partition coefficient (Wildman–Crippen LogP) is 2.59. The lowest BCUT2D eigenvalue weighted by Gasteiger charge is -2.36. The van der Waals surface area contributed by atoms with Crippen molar-refractivity contribution in [2.45, 2.75) is 44.1 Å². The quantitative estimate of drug-likeness (QED) is 0.810. The Morgan fingerprint density at radius 1 is 1.28 bits per heavy atom. The van der Waals surface area contributed by atoms with Crippen LogP contribution in [-0.4, -0.2) is 32.3 Å². The molecule has 3 aliphatic rings. The standard InChI is InChI=1S/C21H24N6O2/c1-26-16(21(29)6-2-7-21)12-18(25-26)24-17-11-15(5-9-23-17)27-10-8-20(13-22,19(27)28)14-3-4-14/h5,9,11-12,14,29H,2-4,6-8,10H2,1H3,(H,23,24,25)/t20-/m1/s1. The largest absolute Gasteiger partial charge is 0.384 e. The zero-order valence-corrected chi connectivity index (χ0v) is 16.4. The number of pyridine rings is 1. The summed E-state index contributed by atoms with van der Waals surface area (Å²) in [5.74, 6) is 1.28. The first-order chi connectivity index (χ1) is 13.9. The number of aliphatic hydroxyl groups is 1. The number of aryl methyl sites for hydroxylation is 1. The monoisotopic (exact) mass is 392 g/mol. The van der Waals surface area contributed by atoms with Gasteiger partial charge in [0, 0.05) is 37.6 Å². The van der Waals surface area contributed by atoms with Crippen LogP contribution in [0.25, 0.3) is 0 Å². The first-order valence-electron chi connectivity index (χ1n) is 10.2. The van der Waals surface area contributed by atoms with Crippen molar-refractivity contribution in [1.29, 1.82) is 5.26 Å². The summed E-state index contributed by atoms with van der Waals surface area (Å²) < 4.78 is 1.70. The lowest BCUT2D eigenvalue weighted by atomic mass is 9.78. The molecule has 0 spiro atoms. The summed E-state index contributed by atoms with van der Waals surface area (Å²) in [6.45, 7) is 0.549. The number of carbonyl (C=O) groups is 1. The van der Waals surface area contributed by atoms with Crippen LogP contribution in [-0.2, 0) is 17.4 Å². The first-order valence-corrected chi connectivity index (χ1v) is 10.2. The van der Waals surface area contributed by atoms with Crippen LogP contribution >= 0.6 is 0 Å². The van der Waals surface area contributed by atoms with Crippen LogP contribution in [0.5, 0.6) is 0 Å². The molecule has 0 bridgehead atoms. The second-order valence-electron chi connectivity index (χ2n) is 8.51. The lowest BCUT2D eigenvalue weighted by molar-refractivity contribution is -0.123. The van der Waals surface area contributed by atoms with E-state index in [9.17, 15) is 15.2 Å². The summed E-state index contributed by atoms with van der Waals surface area (Å²) in [4.78, 5) is 19.1. The number of aromatic nitrogens is 3. The maximum atomic E-state index is 13.0. The zero-order valence-electron chi connectivity index (χ0n) is 16.4. The number of anilines is 3. The van der Waals surface area contributed by atoms with E-state index in [0.717, 1.165) is 43.5 Å². The van der Waals surface area contributed by atoms with Gasteiger partial charge in [-0.2, -0.15) is 10.4 Å². The summed E-state index contributed by atoms with van der Waals surface area (Å²) in [6, 6.07) is 7.77. The number of nitrogens with one attached hydrogen (secondary N) is 1. The molecule has 0 unspecified atom stereocenters. The number of rotatable bonds is 5. The molecule has 3 fully saturated rings. The molecule has 1 atom stereocenters. The fourth-order valence-corrected chi connectivity index (χ4v) is 4.65. The fourth-order valence-electron chi connectivity index (χ4n) is 4.65. The number of nitrogens with zero attached hydrogens (tertiary/aromatic N) is 5. The highest BCUT2D eigenvalue weighted by molar-refractivity contribution is 6.02. The first kappa shape index (κ1) is 18.1. The number of hydrogen-bond donors (Lipinski definition) is 2. The molecule has 150 valence electrons. The molecule has 2 aromatic heterocycles. The van der Waals surface area contributed by atoms with Gasteiger partial charge in [0.2, 0.25) is 5.91 Å². The molecular weight excluding hydrogens is 368 g/mol. The summed E-state index contributed by atoms with van der Waals surface area (Å²) in [5, 5.41) is 27.9. The third-order valence-corrected chi connectivity index (χ3v) is 6.68. The van der Waals surface area contributed by atoms with Gasteiger partial charge in [0.05, 0.1) is 11.8 Å². The van der Waals surface area contributed by atoms with Crippen molar-refractivity contribution in [3.05, 3.63) is 30.1 Å². The highest BCUT2D eigenvalue weighted by Gasteiger charge is 2.56. The van der Waals surface area contributed by atoms with Crippen LogP contribution in [0, 0.1) is 22.7 Å². The van der Waals surface area contributed by atoms with E-state index in [-0.39, 0.29) is 11.8 Å². The van der Waals surface area contributed by atoms with Gasteiger partial charge in [-0.1, -0.05) is 0 Å². The van der Waals surface area contributed by atoms with E-state index in [2.05, 4.69) is 21.5 Å². The Kier molecular flexibility index (Phi) is 3.93. The highest BCUT2D eigenvalue weighted by Crippen LogP contribution is 2.52. The Bertz CT molecular complexity index is 1020. The van der Waals surface area contributed by atoms with E-state index in [1.54, 1.807) is 21.8 Å². The van der Waals surface area contributed by atoms with E-state index >= 15 is 0 Å². The number of carbonyl (C=O) groups excluding carboxylic acids is 1. The van der Waals surface area contributed by atoms with E-state index < -0.39 is 11.0 Å². The highest BCUT2D eigenvalue weighted by atomic mass is 16.3. The van der Waals surface area contributed by atoms with Crippen molar-refractivity contribution in [2.75, 3.05) is 16.8 Å². The van der Waals surface area contributed by atoms with Crippen LogP contribution in [0.3, 0.4) is 0 Å². The Morgan fingerprint density at radius 2 is 2.07 bits per heavy atom. The number of nitriles is 1. The second-order valence-corrected chi connectivity index (χ2v) is 8.51. The molecule has 1 amide bonds. The Hall–Kier alpha value is -2.92. The molecule has 0 radical (unpaired) electrons. The van der Waals surface area contributed by atoms with Crippen LogP contribution in [0.4, 0.5) is 17.3 Å². The molecule has 3 heterocycles. The number of amides is 1. The van der Waals surface area contributed by atoms with Crippen LogP contribution in [0.1, 0.15) is 44.2 Å². The van der Waals surface area contributed by atoms with E-state index in [4.69, 9.17) is 0 Å². The summed E-state index contributed by atoms with van der Waals surface area (Å²) in [5.41, 5.74) is -0.118. The maximum Gasteiger partial charge on any atom is 0.247 e. The third-order valence-electron chi connectivity index (χ3n) is 6.68. The van der Waals surface area contributed by atoms with Gasteiger partial charge in [0.1, 0.15) is 16.8 Å². The maximum absolute atomic E-state index is 13.0. The zero-order chi connectivity index (χ0) is 20.2. The molecular formula is C21H24N6O2. The lowest BCUT2D eigenvalue weighted by Crippen LogP contribution is -2.35. The van der Waals surface area contributed by atoms with Gasteiger partial charge < -0.3 is 15.3 Å². The molecule has 2 N–H and O–H groups in total. The minimum atomic E-state index is -0.856. The summed E-state index contributed by atoms with van der Waals surface area (Å²) in [6.07, 6.45) is 6.67. The molecule has 8 heteroatoms. The molecule has 2 saturated carbocycles. The van der Waals surface area contributed by atoms with Crippen LogP contribution in [0.15, 0.2) is 24.4 Å². The van der Waals surface area contributed by atoms with Gasteiger partial charge in [0.15, 0.2) is 5.82 Å². The second kappa shape index (κ2) is 6.29. The predicted molar refractivity (Wildman–Crippen MR) is 106 cm³/mol. The minimum Gasteiger partial charge on any atom is -0.384 e. The molecule has 29 heavy (non-hydrogen) atoms. The molecule has 2 aromatic rings. The smallest absolute Gasteiger partial charge is 0.247 e. The Morgan fingerprint density at radius 3 is 2.72 bits per heavy atom. The summed E-state index contributed by atoms with van der Waals surface area (Å²) >= 11 is 0. The van der Waals surface area contributed by atoms with Crippen molar-refractivity contribution in [3.8, 4) is 6.07 Å². The Balaban J connectivity index is 1.37. The molecule has 1 aliphatic heterocycles. The normalized spacial score (nSPS) is 25.6. The number of hydrogen-bond acceptors (Lipinski definition) is 6. The Labute approximate surface area is 169 Å². The van der Waals surface area contributed by atoms with Crippen molar-refractivity contribution in [3.63, 3.8) is 0 Å². The molecule has 2 aliphatic carbocycles. The third kappa shape index (κ3) is 2.80. The van der Waals surface area contributed by atoms with Gasteiger partial charge in [-0.15, -0.1) is 0 Å². The minimum absolute atomic E-state index is 0.0908. The van der Waals surface area contributed by atoms with E-state index in [1.165, 1.54) is 0 Å². The molecule has 1 saturated heterocycles.